The standard InChI is InChI=1S/C8H16N4S/c1-5(9)8(3,4)11-7-10-6(2)12-13-7/h5H,9H2,1-4H3,(H,10,11,12). The summed E-state index contributed by atoms with van der Waals surface area (Å²) in [6.07, 6.45) is 0. The summed E-state index contributed by atoms with van der Waals surface area (Å²) >= 11 is 1.37. The fourth-order valence-electron chi connectivity index (χ4n) is 0.737. The van der Waals surface area contributed by atoms with Crippen LogP contribution in [0.5, 0.6) is 0 Å². The summed E-state index contributed by atoms with van der Waals surface area (Å²) in [5.41, 5.74) is 5.67. The molecule has 0 spiro atoms. The fraction of sp³-hybridized carbons (Fsp3) is 0.750. The Morgan fingerprint density at radius 1 is 1.54 bits per heavy atom. The molecule has 1 aromatic heterocycles. The van der Waals surface area contributed by atoms with Gasteiger partial charge >= 0.3 is 0 Å². The van der Waals surface area contributed by atoms with Crippen molar-refractivity contribution >= 4 is 16.7 Å². The Balaban J connectivity index is 2.68. The van der Waals surface area contributed by atoms with E-state index < -0.39 is 0 Å². The van der Waals surface area contributed by atoms with E-state index in [1.54, 1.807) is 0 Å². The van der Waals surface area contributed by atoms with Crippen LogP contribution in [-0.2, 0) is 0 Å². The molecular weight excluding hydrogens is 184 g/mol. The minimum absolute atomic E-state index is 0.0664. The maximum atomic E-state index is 5.82. The van der Waals surface area contributed by atoms with Crippen molar-refractivity contribution in [3.63, 3.8) is 0 Å². The lowest BCUT2D eigenvalue weighted by molar-refractivity contribution is 0.470. The molecule has 0 aliphatic carbocycles. The van der Waals surface area contributed by atoms with Crippen LogP contribution < -0.4 is 11.1 Å². The van der Waals surface area contributed by atoms with E-state index in [1.807, 2.05) is 13.8 Å². The van der Waals surface area contributed by atoms with Gasteiger partial charge in [-0.05, 0) is 27.7 Å². The molecule has 13 heavy (non-hydrogen) atoms. The van der Waals surface area contributed by atoms with Gasteiger partial charge in [-0.25, -0.2) is 4.98 Å². The maximum absolute atomic E-state index is 5.82. The highest BCUT2D eigenvalue weighted by Crippen LogP contribution is 2.18. The van der Waals surface area contributed by atoms with E-state index in [9.17, 15) is 0 Å². The van der Waals surface area contributed by atoms with E-state index in [1.165, 1.54) is 11.5 Å². The highest BCUT2D eigenvalue weighted by molar-refractivity contribution is 7.09. The Morgan fingerprint density at radius 2 is 2.15 bits per heavy atom. The molecule has 1 heterocycles. The van der Waals surface area contributed by atoms with Gasteiger partial charge in [0.2, 0.25) is 5.13 Å². The topological polar surface area (TPSA) is 63.8 Å². The van der Waals surface area contributed by atoms with Crippen molar-refractivity contribution in [2.45, 2.75) is 39.3 Å². The number of nitrogens with zero attached hydrogens (tertiary/aromatic N) is 2. The van der Waals surface area contributed by atoms with Gasteiger partial charge in [0.05, 0.1) is 0 Å². The van der Waals surface area contributed by atoms with Gasteiger partial charge in [0.25, 0.3) is 0 Å². The first-order valence-electron chi connectivity index (χ1n) is 4.26. The van der Waals surface area contributed by atoms with Gasteiger partial charge in [0, 0.05) is 23.1 Å². The predicted octanol–water partition coefficient (Wildman–Crippen LogP) is 1.38. The summed E-state index contributed by atoms with van der Waals surface area (Å²) in [6, 6.07) is 0.0664. The molecule has 0 bridgehead atoms. The Bertz CT molecular complexity index is 279. The maximum Gasteiger partial charge on any atom is 0.203 e. The first-order chi connectivity index (χ1) is 5.92. The summed E-state index contributed by atoms with van der Waals surface area (Å²) in [4.78, 5) is 4.22. The van der Waals surface area contributed by atoms with Crippen LogP contribution in [0, 0.1) is 6.92 Å². The second kappa shape index (κ2) is 3.59. The lowest BCUT2D eigenvalue weighted by Crippen LogP contribution is -2.47. The molecule has 74 valence electrons. The molecular formula is C8H16N4S. The molecule has 4 nitrogen and oxygen atoms in total. The molecule has 0 saturated heterocycles. The molecule has 1 atom stereocenters. The van der Waals surface area contributed by atoms with E-state index in [0.717, 1.165) is 11.0 Å². The molecule has 0 aliphatic rings. The number of anilines is 1. The third-order valence-electron chi connectivity index (χ3n) is 2.10. The smallest absolute Gasteiger partial charge is 0.203 e. The van der Waals surface area contributed by atoms with Gasteiger partial charge in [0.1, 0.15) is 5.82 Å². The Morgan fingerprint density at radius 3 is 2.54 bits per heavy atom. The minimum atomic E-state index is -0.147. The summed E-state index contributed by atoms with van der Waals surface area (Å²) in [6.45, 7) is 7.95. The molecule has 1 rings (SSSR count). The average molecular weight is 200 g/mol. The van der Waals surface area contributed by atoms with E-state index >= 15 is 0 Å². The second-order valence-corrected chi connectivity index (χ2v) is 4.53. The van der Waals surface area contributed by atoms with E-state index in [4.69, 9.17) is 5.73 Å². The van der Waals surface area contributed by atoms with Crippen LogP contribution >= 0.6 is 11.5 Å². The highest BCUT2D eigenvalue weighted by atomic mass is 32.1. The van der Waals surface area contributed by atoms with Gasteiger partial charge in [-0.3, -0.25) is 0 Å². The van der Waals surface area contributed by atoms with Crippen molar-refractivity contribution in [3.8, 4) is 0 Å². The van der Waals surface area contributed by atoms with E-state index in [2.05, 4.69) is 28.5 Å². The number of rotatable bonds is 3. The Labute approximate surface area is 82.7 Å². The zero-order chi connectivity index (χ0) is 10.1. The lowest BCUT2D eigenvalue weighted by Gasteiger charge is -2.29. The van der Waals surface area contributed by atoms with Crippen LogP contribution in [0.1, 0.15) is 26.6 Å². The van der Waals surface area contributed by atoms with E-state index in [0.29, 0.717) is 0 Å². The summed E-state index contributed by atoms with van der Waals surface area (Å²) in [5.74, 6) is 0.799. The summed E-state index contributed by atoms with van der Waals surface area (Å²) in [7, 11) is 0. The molecule has 0 aromatic carbocycles. The fourth-order valence-corrected chi connectivity index (χ4v) is 1.48. The van der Waals surface area contributed by atoms with Crippen molar-refractivity contribution in [1.29, 1.82) is 0 Å². The highest BCUT2D eigenvalue weighted by Gasteiger charge is 2.23. The minimum Gasteiger partial charge on any atom is -0.354 e. The molecule has 1 unspecified atom stereocenters. The zero-order valence-electron chi connectivity index (χ0n) is 8.46. The normalized spacial score (nSPS) is 14.2. The first-order valence-corrected chi connectivity index (χ1v) is 5.03. The van der Waals surface area contributed by atoms with Crippen molar-refractivity contribution in [1.82, 2.24) is 9.36 Å². The molecule has 0 radical (unpaired) electrons. The molecule has 1 aromatic rings. The lowest BCUT2D eigenvalue weighted by atomic mass is 9.97. The number of nitrogens with one attached hydrogen (secondary N) is 1. The van der Waals surface area contributed by atoms with E-state index in [-0.39, 0.29) is 11.6 Å². The van der Waals surface area contributed by atoms with Crippen LogP contribution in [-0.4, -0.2) is 20.9 Å². The third kappa shape index (κ3) is 2.63. The van der Waals surface area contributed by atoms with Crippen molar-refractivity contribution in [2.75, 3.05) is 5.32 Å². The number of hydrogen-bond acceptors (Lipinski definition) is 5. The molecule has 0 fully saturated rings. The van der Waals surface area contributed by atoms with Crippen LogP contribution in [0.2, 0.25) is 0 Å². The first kappa shape index (κ1) is 10.4. The molecule has 5 heteroatoms. The SMILES string of the molecule is Cc1nsc(NC(C)(C)C(C)N)n1. The second-order valence-electron chi connectivity index (χ2n) is 3.78. The summed E-state index contributed by atoms with van der Waals surface area (Å²) < 4.78 is 4.09. The predicted molar refractivity (Wildman–Crippen MR) is 56.0 cm³/mol. The zero-order valence-corrected chi connectivity index (χ0v) is 9.27. The quantitative estimate of drug-likeness (QED) is 0.774. The molecule has 3 N–H and O–H groups in total. The third-order valence-corrected chi connectivity index (χ3v) is 2.82. The monoisotopic (exact) mass is 200 g/mol. The van der Waals surface area contributed by atoms with Gasteiger partial charge in [-0.1, -0.05) is 0 Å². The average Bonchev–Trinajstić information content (AvgIpc) is 2.34. The van der Waals surface area contributed by atoms with Crippen LogP contribution in [0.3, 0.4) is 0 Å². The number of hydrogen-bond donors (Lipinski definition) is 2. The summed E-state index contributed by atoms with van der Waals surface area (Å²) in [5, 5.41) is 4.09. The molecule has 0 aliphatic heterocycles. The van der Waals surface area contributed by atoms with Crippen molar-refractivity contribution in [2.24, 2.45) is 5.73 Å². The largest absolute Gasteiger partial charge is 0.354 e. The van der Waals surface area contributed by atoms with Gasteiger partial charge in [-0.2, -0.15) is 4.37 Å². The van der Waals surface area contributed by atoms with Gasteiger partial charge in [-0.15, -0.1) is 0 Å². The Hall–Kier alpha value is -0.680. The van der Waals surface area contributed by atoms with Gasteiger partial charge < -0.3 is 11.1 Å². The van der Waals surface area contributed by atoms with Crippen LogP contribution in [0.4, 0.5) is 5.13 Å². The molecule has 0 saturated carbocycles. The van der Waals surface area contributed by atoms with Crippen molar-refractivity contribution in [3.05, 3.63) is 5.82 Å². The number of aryl methyl sites for hydroxylation is 1. The number of aromatic nitrogens is 2. The van der Waals surface area contributed by atoms with Crippen LogP contribution in [0.15, 0.2) is 0 Å². The Kier molecular flexibility index (Phi) is 2.87. The van der Waals surface area contributed by atoms with Crippen molar-refractivity contribution < 1.29 is 0 Å². The number of nitrogens with two attached hydrogens (primary N) is 1. The molecule has 0 amide bonds. The van der Waals surface area contributed by atoms with Crippen LogP contribution in [0.25, 0.3) is 0 Å². The van der Waals surface area contributed by atoms with Gasteiger partial charge in [0.15, 0.2) is 0 Å².